The third-order valence-corrected chi connectivity index (χ3v) is 4.83. The molecule has 2 aliphatic rings. The van der Waals surface area contributed by atoms with Gasteiger partial charge in [-0.25, -0.2) is 0 Å². The normalized spacial score (nSPS) is 20.6. The Hall–Kier alpha value is -1.84. The molecule has 2 N–H and O–H groups in total. The van der Waals surface area contributed by atoms with Crippen LogP contribution < -0.4 is 5.73 Å². The Morgan fingerprint density at radius 1 is 0.955 bits per heavy atom. The Labute approximate surface area is 130 Å². The number of anilines is 1. The highest BCUT2D eigenvalue weighted by atomic mass is 16.7. The maximum absolute atomic E-state index is 6.36. The van der Waals surface area contributed by atoms with Crippen LogP contribution in [0.25, 0.3) is 16.8 Å². The molecule has 0 unspecified atom stereocenters. The summed E-state index contributed by atoms with van der Waals surface area (Å²) in [4.78, 5) is 0. The average molecular weight is 295 g/mol. The summed E-state index contributed by atoms with van der Waals surface area (Å²) in [5.41, 5.74) is 9.79. The minimum absolute atomic E-state index is 0.299. The lowest BCUT2D eigenvalue weighted by Gasteiger charge is -2.32. The van der Waals surface area contributed by atoms with Crippen LogP contribution >= 0.6 is 0 Å². The molecule has 1 aliphatic heterocycles. The van der Waals surface area contributed by atoms with Crippen molar-refractivity contribution >= 4 is 22.5 Å². The van der Waals surface area contributed by atoms with Gasteiger partial charge in [0.05, 0.1) is 13.2 Å². The van der Waals surface area contributed by atoms with Crippen LogP contribution in [0.2, 0.25) is 0 Å². The third kappa shape index (κ3) is 2.40. The largest absolute Gasteiger partial charge is 0.398 e. The van der Waals surface area contributed by atoms with E-state index in [1.165, 1.54) is 11.0 Å². The van der Waals surface area contributed by atoms with E-state index in [0.29, 0.717) is 0 Å². The molecular weight excluding hydrogens is 274 g/mol. The molecular formula is C19H21NO2. The maximum Gasteiger partial charge on any atom is 0.169 e. The van der Waals surface area contributed by atoms with E-state index in [1.54, 1.807) is 0 Å². The van der Waals surface area contributed by atoms with Gasteiger partial charge in [0.15, 0.2) is 5.79 Å². The summed E-state index contributed by atoms with van der Waals surface area (Å²) in [7, 11) is 0. The fraction of sp³-hybridized carbons (Fsp3) is 0.368. The summed E-state index contributed by atoms with van der Waals surface area (Å²) in [5.74, 6) is -0.299. The van der Waals surface area contributed by atoms with Crippen molar-refractivity contribution in [1.29, 1.82) is 0 Å². The van der Waals surface area contributed by atoms with Crippen molar-refractivity contribution in [1.82, 2.24) is 0 Å². The van der Waals surface area contributed by atoms with Crippen LogP contribution in [-0.4, -0.2) is 19.0 Å². The monoisotopic (exact) mass is 295 g/mol. The Morgan fingerprint density at radius 2 is 1.68 bits per heavy atom. The second-order valence-electron chi connectivity index (χ2n) is 6.20. The Kier molecular flexibility index (Phi) is 3.40. The molecule has 1 aliphatic carbocycles. The average Bonchev–Trinajstić information content (AvgIpc) is 3.01. The lowest BCUT2D eigenvalue weighted by atomic mass is 9.88. The minimum Gasteiger partial charge on any atom is -0.398 e. The quantitative estimate of drug-likeness (QED) is 0.805. The van der Waals surface area contributed by atoms with Crippen LogP contribution in [0.1, 0.15) is 31.2 Å². The van der Waals surface area contributed by atoms with Gasteiger partial charge in [0.2, 0.25) is 0 Å². The number of rotatable bonds is 1. The Bertz CT molecular complexity index is 717. The lowest BCUT2D eigenvalue weighted by molar-refractivity contribution is -0.171. The molecule has 4 rings (SSSR count). The van der Waals surface area contributed by atoms with Crippen molar-refractivity contribution in [2.45, 2.75) is 31.5 Å². The number of nitrogen functional groups attached to an aromatic ring is 1. The van der Waals surface area contributed by atoms with E-state index >= 15 is 0 Å². The zero-order chi connectivity index (χ0) is 15.0. The van der Waals surface area contributed by atoms with Crippen LogP contribution in [0.4, 0.5) is 5.69 Å². The van der Waals surface area contributed by atoms with E-state index in [4.69, 9.17) is 15.2 Å². The second kappa shape index (κ2) is 5.41. The topological polar surface area (TPSA) is 44.5 Å². The second-order valence-corrected chi connectivity index (χ2v) is 6.20. The maximum atomic E-state index is 6.36. The molecule has 0 aromatic heterocycles. The van der Waals surface area contributed by atoms with E-state index in [1.807, 2.05) is 12.1 Å². The summed E-state index contributed by atoms with van der Waals surface area (Å²) in [6.07, 6.45) is 6.20. The van der Waals surface area contributed by atoms with Crippen LogP contribution in [0.5, 0.6) is 0 Å². The zero-order valence-corrected chi connectivity index (χ0v) is 12.7. The van der Waals surface area contributed by atoms with Crippen LogP contribution in [-0.2, 0) is 9.47 Å². The van der Waals surface area contributed by atoms with Crippen LogP contribution in [0.3, 0.4) is 0 Å². The highest BCUT2D eigenvalue weighted by Crippen LogP contribution is 2.39. The van der Waals surface area contributed by atoms with Gasteiger partial charge in [-0.05, 0) is 23.8 Å². The Morgan fingerprint density at radius 3 is 2.45 bits per heavy atom. The molecule has 0 atom stereocenters. The fourth-order valence-electron chi connectivity index (χ4n) is 3.54. The molecule has 3 heteroatoms. The molecule has 114 valence electrons. The Balaban J connectivity index is 1.59. The number of hydrogen-bond acceptors (Lipinski definition) is 3. The molecule has 1 saturated heterocycles. The summed E-state index contributed by atoms with van der Waals surface area (Å²) in [5, 5.41) is 2.32. The smallest absolute Gasteiger partial charge is 0.169 e. The van der Waals surface area contributed by atoms with Gasteiger partial charge in [0.1, 0.15) is 0 Å². The van der Waals surface area contributed by atoms with Gasteiger partial charge < -0.3 is 15.2 Å². The third-order valence-electron chi connectivity index (χ3n) is 4.83. The van der Waals surface area contributed by atoms with Crippen molar-refractivity contribution in [2.75, 3.05) is 18.9 Å². The van der Waals surface area contributed by atoms with Gasteiger partial charge in [-0.3, -0.25) is 0 Å². The molecule has 22 heavy (non-hydrogen) atoms. The molecule has 1 saturated carbocycles. The number of allylic oxidation sites excluding steroid dienone is 1. The number of nitrogens with two attached hydrogens (primary N) is 1. The van der Waals surface area contributed by atoms with Gasteiger partial charge in [-0.1, -0.05) is 48.0 Å². The number of hydrogen-bond donors (Lipinski definition) is 1. The van der Waals surface area contributed by atoms with Gasteiger partial charge in [0, 0.05) is 23.9 Å². The van der Waals surface area contributed by atoms with Gasteiger partial charge in [-0.15, -0.1) is 0 Å². The highest BCUT2D eigenvalue weighted by Gasteiger charge is 2.38. The number of ether oxygens (including phenoxy) is 2. The minimum atomic E-state index is -0.299. The van der Waals surface area contributed by atoms with Crippen molar-refractivity contribution in [3.8, 4) is 0 Å². The molecule has 2 aromatic rings. The molecule has 0 radical (unpaired) electrons. The predicted octanol–water partition coefficient (Wildman–Crippen LogP) is 4.12. The van der Waals surface area contributed by atoms with Crippen LogP contribution in [0, 0.1) is 0 Å². The van der Waals surface area contributed by atoms with Gasteiger partial charge in [0.25, 0.3) is 0 Å². The highest BCUT2D eigenvalue weighted by molar-refractivity contribution is 5.96. The summed E-state index contributed by atoms with van der Waals surface area (Å²) in [6.45, 7) is 1.47. The first-order valence-electron chi connectivity index (χ1n) is 8.00. The first-order valence-corrected chi connectivity index (χ1v) is 8.00. The van der Waals surface area contributed by atoms with E-state index in [9.17, 15) is 0 Å². The zero-order valence-electron chi connectivity index (χ0n) is 12.7. The molecule has 0 amide bonds. The van der Waals surface area contributed by atoms with Crippen molar-refractivity contribution in [3.05, 3.63) is 47.5 Å². The van der Waals surface area contributed by atoms with Crippen molar-refractivity contribution in [2.24, 2.45) is 0 Å². The van der Waals surface area contributed by atoms with E-state index in [-0.39, 0.29) is 5.79 Å². The summed E-state index contributed by atoms with van der Waals surface area (Å²) in [6, 6.07) is 12.5. The molecule has 1 heterocycles. The number of fused-ring (bicyclic) bond motifs is 1. The van der Waals surface area contributed by atoms with Gasteiger partial charge in [-0.2, -0.15) is 0 Å². The number of benzene rings is 2. The fourth-order valence-corrected chi connectivity index (χ4v) is 3.54. The molecule has 0 bridgehead atoms. The summed E-state index contributed by atoms with van der Waals surface area (Å²) >= 11 is 0. The van der Waals surface area contributed by atoms with E-state index < -0.39 is 0 Å². The van der Waals surface area contributed by atoms with E-state index in [2.05, 4.69) is 30.3 Å². The SMILES string of the molecule is Nc1c(C=C2CCC3(CC2)OCCO3)ccc2ccccc12. The standard InChI is InChI=1S/C19H21NO2/c20-18-16(6-5-15-3-1-2-4-17(15)18)13-14-7-9-19(10-8-14)21-11-12-22-19/h1-6,13H,7-12,20H2. The molecule has 1 spiro atoms. The lowest BCUT2D eigenvalue weighted by Crippen LogP contribution is -2.33. The molecule has 2 aromatic carbocycles. The van der Waals surface area contributed by atoms with E-state index in [0.717, 1.165) is 55.5 Å². The van der Waals surface area contributed by atoms with Crippen molar-refractivity contribution < 1.29 is 9.47 Å². The first kappa shape index (κ1) is 13.8. The molecule has 2 fully saturated rings. The molecule has 3 nitrogen and oxygen atoms in total. The van der Waals surface area contributed by atoms with Crippen LogP contribution in [0.15, 0.2) is 42.0 Å². The summed E-state index contributed by atoms with van der Waals surface area (Å²) < 4.78 is 11.6. The predicted molar refractivity (Wildman–Crippen MR) is 89.4 cm³/mol. The van der Waals surface area contributed by atoms with Crippen molar-refractivity contribution in [3.63, 3.8) is 0 Å². The first-order chi connectivity index (χ1) is 10.8. The van der Waals surface area contributed by atoms with Gasteiger partial charge >= 0.3 is 0 Å².